The highest BCUT2D eigenvalue weighted by atomic mass is 16.5. The molecule has 1 saturated heterocycles. The van der Waals surface area contributed by atoms with Gasteiger partial charge in [0.05, 0.1) is 18.5 Å². The molecule has 3 rings (SSSR count). The molecule has 1 aliphatic rings. The van der Waals surface area contributed by atoms with E-state index in [0.29, 0.717) is 0 Å². The number of benzene rings is 2. The van der Waals surface area contributed by atoms with Gasteiger partial charge in [0.25, 0.3) is 0 Å². The van der Waals surface area contributed by atoms with Gasteiger partial charge in [0.1, 0.15) is 5.75 Å². The zero-order valence-electron chi connectivity index (χ0n) is 14.7. The van der Waals surface area contributed by atoms with Crippen molar-refractivity contribution in [2.45, 2.75) is 25.7 Å². The fraction of sp³-hybridized carbons (Fsp3) is 0.381. The van der Waals surface area contributed by atoms with E-state index in [1.807, 2.05) is 60.8 Å². The van der Waals surface area contributed by atoms with Gasteiger partial charge >= 0.3 is 0 Å². The maximum absolute atomic E-state index is 5.99. The number of hydrogen-bond acceptors (Lipinski definition) is 4. The number of nitrogens with one attached hydrogen (secondary N) is 1. The molecule has 0 amide bonds. The van der Waals surface area contributed by atoms with Gasteiger partial charge in [-0.1, -0.05) is 36.8 Å². The molecule has 0 spiro atoms. The summed E-state index contributed by atoms with van der Waals surface area (Å²) in [5.74, 6) is 0.889. The quantitative estimate of drug-likeness (QED) is 0.441. The van der Waals surface area contributed by atoms with Crippen molar-refractivity contribution in [1.82, 2.24) is 4.90 Å². The van der Waals surface area contributed by atoms with Crippen LogP contribution in [0.3, 0.4) is 0 Å². The van der Waals surface area contributed by atoms with Crippen LogP contribution in [0.5, 0.6) is 5.75 Å². The SMILES string of the molecule is C(=NNc1ccccc1)c1ccccc1OCCCN1CCCCC1. The lowest BCUT2D eigenvalue weighted by Gasteiger charge is -2.26. The van der Waals surface area contributed by atoms with Crippen molar-refractivity contribution in [3.05, 3.63) is 60.2 Å². The Hall–Kier alpha value is -2.33. The van der Waals surface area contributed by atoms with E-state index < -0.39 is 0 Å². The molecule has 1 fully saturated rings. The highest BCUT2D eigenvalue weighted by Crippen LogP contribution is 2.17. The van der Waals surface area contributed by atoms with E-state index in [0.717, 1.165) is 36.6 Å². The van der Waals surface area contributed by atoms with Crippen LogP contribution in [-0.4, -0.2) is 37.4 Å². The monoisotopic (exact) mass is 337 g/mol. The molecular formula is C21H27N3O. The van der Waals surface area contributed by atoms with Gasteiger partial charge in [-0.15, -0.1) is 0 Å². The lowest BCUT2D eigenvalue weighted by Crippen LogP contribution is -2.31. The number of para-hydroxylation sites is 2. The Morgan fingerprint density at radius 1 is 0.960 bits per heavy atom. The second kappa shape index (κ2) is 9.84. The second-order valence-corrected chi connectivity index (χ2v) is 6.38. The summed E-state index contributed by atoms with van der Waals surface area (Å²) in [7, 11) is 0. The summed E-state index contributed by atoms with van der Waals surface area (Å²) in [5, 5.41) is 4.31. The van der Waals surface area contributed by atoms with Crippen LogP contribution in [0.25, 0.3) is 0 Å². The largest absolute Gasteiger partial charge is 0.493 e. The first-order valence-corrected chi connectivity index (χ1v) is 9.20. The molecular weight excluding hydrogens is 310 g/mol. The van der Waals surface area contributed by atoms with Crippen molar-refractivity contribution in [1.29, 1.82) is 0 Å². The molecule has 1 aliphatic heterocycles. The van der Waals surface area contributed by atoms with Crippen molar-refractivity contribution < 1.29 is 4.74 Å². The molecule has 0 saturated carbocycles. The standard InChI is InChI=1S/C21H27N3O/c1-3-11-20(12-4-1)23-22-18-19-10-5-6-13-21(19)25-17-9-16-24-14-7-2-8-15-24/h1,3-6,10-13,18,23H,2,7-9,14-17H2. The highest BCUT2D eigenvalue weighted by molar-refractivity contribution is 5.83. The van der Waals surface area contributed by atoms with E-state index in [-0.39, 0.29) is 0 Å². The molecule has 0 atom stereocenters. The van der Waals surface area contributed by atoms with Crippen molar-refractivity contribution in [3.63, 3.8) is 0 Å². The third-order valence-corrected chi connectivity index (χ3v) is 4.42. The molecule has 2 aromatic carbocycles. The first-order chi connectivity index (χ1) is 12.4. The van der Waals surface area contributed by atoms with Gasteiger partial charge in [0.15, 0.2) is 0 Å². The van der Waals surface area contributed by atoms with Gasteiger partial charge in [-0.05, 0) is 56.6 Å². The Morgan fingerprint density at radius 2 is 1.72 bits per heavy atom. The van der Waals surface area contributed by atoms with Gasteiger partial charge in [-0.3, -0.25) is 5.43 Å². The van der Waals surface area contributed by atoms with Crippen LogP contribution in [0.1, 0.15) is 31.2 Å². The Bertz CT molecular complexity index is 651. The number of hydrazone groups is 1. The number of anilines is 1. The number of hydrogen-bond donors (Lipinski definition) is 1. The molecule has 0 radical (unpaired) electrons. The lowest BCUT2D eigenvalue weighted by atomic mass is 10.1. The van der Waals surface area contributed by atoms with Gasteiger partial charge in [-0.2, -0.15) is 5.10 Å². The maximum atomic E-state index is 5.99. The molecule has 0 aromatic heterocycles. The van der Waals surface area contributed by atoms with Crippen LogP contribution in [0.2, 0.25) is 0 Å². The Balaban J connectivity index is 1.46. The van der Waals surface area contributed by atoms with Gasteiger partial charge in [0, 0.05) is 12.1 Å². The first kappa shape index (κ1) is 17.5. The first-order valence-electron chi connectivity index (χ1n) is 9.20. The number of rotatable bonds is 8. The van der Waals surface area contributed by atoms with E-state index in [1.165, 1.54) is 32.4 Å². The van der Waals surface area contributed by atoms with Crippen LogP contribution in [0.4, 0.5) is 5.69 Å². The third-order valence-electron chi connectivity index (χ3n) is 4.42. The van der Waals surface area contributed by atoms with Crippen LogP contribution in [0, 0.1) is 0 Å². The van der Waals surface area contributed by atoms with Crippen molar-refractivity contribution >= 4 is 11.9 Å². The number of nitrogens with zero attached hydrogens (tertiary/aromatic N) is 2. The lowest BCUT2D eigenvalue weighted by molar-refractivity contribution is 0.205. The molecule has 1 N–H and O–H groups in total. The molecule has 4 heteroatoms. The molecule has 2 aromatic rings. The van der Waals surface area contributed by atoms with E-state index in [1.54, 1.807) is 0 Å². The fourth-order valence-electron chi connectivity index (χ4n) is 3.06. The summed E-state index contributed by atoms with van der Waals surface area (Å²) >= 11 is 0. The molecule has 0 aliphatic carbocycles. The summed E-state index contributed by atoms with van der Waals surface area (Å²) < 4.78 is 5.99. The molecule has 0 bridgehead atoms. The second-order valence-electron chi connectivity index (χ2n) is 6.38. The highest BCUT2D eigenvalue weighted by Gasteiger charge is 2.09. The van der Waals surface area contributed by atoms with E-state index in [4.69, 9.17) is 4.74 Å². The molecule has 0 unspecified atom stereocenters. The predicted molar refractivity (Wildman–Crippen MR) is 105 cm³/mol. The summed E-state index contributed by atoms with van der Waals surface area (Å²) in [6, 6.07) is 18.0. The number of piperidine rings is 1. The molecule has 25 heavy (non-hydrogen) atoms. The molecule has 132 valence electrons. The number of ether oxygens (including phenoxy) is 1. The minimum absolute atomic E-state index is 0.744. The average molecular weight is 337 g/mol. The summed E-state index contributed by atoms with van der Waals surface area (Å²) in [4.78, 5) is 2.55. The topological polar surface area (TPSA) is 36.9 Å². The van der Waals surface area contributed by atoms with Crippen molar-refractivity contribution in [3.8, 4) is 5.75 Å². The van der Waals surface area contributed by atoms with Crippen LogP contribution in [0.15, 0.2) is 59.7 Å². The summed E-state index contributed by atoms with van der Waals surface area (Å²) in [5.41, 5.74) is 5.00. The maximum Gasteiger partial charge on any atom is 0.128 e. The zero-order chi connectivity index (χ0) is 17.2. The summed E-state index contributed by atoms with van der Waals surface area (Å²) in [6.45, 7) is 4.36. The van der Waals surface area contributed by atoms with Crippen LogP contribution < -0.4 is 10.2 Å². The normalized spacial score (nSPS) is 15.4. The van der Waals surface area contributed by atoms with Crippen LogP contribution in [-0.2, 0) is 0 Å². The minimum atomic E-state index is 0.744. The smallest absolute Gasteiger partial charge is 0.128 e. The van der Waals surface area contributed by atoms with Crippen molar-refractivity contribution in [2.24, 2.45) is 5.10 Å². The van der Waals surface area contributed by atoms with Gasteiger partial charge < -0.3 is 9.64 Å². The average Bonchev–Trinajstić information content (AvgIpc) is 2.68. The molecule has 1 heterocycles. The molecule has 4 nitrogen and oxygen atoms in total. The Morgan fingerprint density at radius 3 is 2.56 bits per heavy atom. The Kier molecular flexibility index (Phi) is 6.89. The van der Waals surface area contributed by atoms with Gasteiger partial charge in [0.2, 0.25) is 0 Å². The fourth-order valence-corrected chi connectivity index (χ4v) is 3.06. The minimum Gasteiger partial charge on any atom is -0.493 e. The Labute approximate surface area is 150 Å². The third kappa shape index (κ3) is 5.91. The summed E-state index contributed by atoms with van der Waals surface area (Å²) in [6.07, 6.45) is 6.95. The predicted octanol–water partition coefficient (Wildman–Crippen LogP) is 4.39. The zero-order valence-corrected chi connectivity index (χ0v) is 14.7. The van der Waals surface area contributed by atoms with E-state index in [9.17, 15) is 0 Å². The van der Waals surface area contributed by atoms with E-state index >= 15 is 0 Å². The number of likely N-dealkylation sites (tertiary alicyclic amines) is 1. The van der Waals surface area contributed by atoms with Crippen LogP contribution >= 0.6 is 0 Å². The van der Waals surface area contributed by atoms with Crippen molar-refractivity contribution in [2.75, 3.05) is 31.7 Å². The van der Waals surface area contributed by atoms with E-state index in [2.05, 4.69) is 15.4 Å². The van der Waals surface area contributed by atoms with Gasteiger partial charge in [-0.25, -0.2) is 0 Å².